The number of anilines is 2. The summed E-state index contributed by atoms with van der Waals surface area (Å²) >= 11 is 0. The number of hydrogen-bond donors (Lipinski definition) is 2. The van der Waals surface area contributed by atoms with Crippen LogP contribution < -0.4 is 16.0 Å². The summed E-state index contributed by atoms with van der Waals surface area (Å²) in [5.74, 6) is 1.60. The Hall–Kier alpha value is -3.52. The topological polar surface area (TPSA) is 106 Å². The Morgan fingerprint density at radius 2 is 1.82 bits per heavy atom. The number of piperazine rings is 1. The highest BCUT2D eigenvalue weighted by Crippen LogP contribution is 2.28. The van der Waals surface area contributed by atoms with Gasteiger partial charge in [0, 0.05) is 37.9 Å². The molecule has 1 aromatic carbocycles. The summed E-state index contributed by atoms with van der Waals surface area (Å²) in [5.41, 5.74) is 9.45. The van der Waals surface area contributed by atoms with Gasteiger partial charge in [0.15, 0.2) is 17.1 Å². The number of hydrogen-bond acceptors (Lipinski definition) is 8. The van der Waals surface area contributed by atoms with Gasteiger partial charge < -0.3 is 20.4 Å². The highest BCUT2D eigenvalue weighted by Gasteiger charge is 2.16. The number of pyridine rings is 1. The second-order valence-corrected chi connectivity index (χ2v) is 6.62. The molecule has 4 heterocycles. The predicted molar refractivity (Wildman–Crippen MR) is 108 cm³/mol. The molecule has 140 valence electrons. The minimum absolute atomic E-state index is 0.278. The smallest absolute Gasteiger partial charge is 0.250 e. The molecule has 1 aliphatic heterocycles. The van der Waals surface area contributed by atoms with Gasteiger partial charge >= 0.3 is 0 Å². The summed E-state index contributed by atoms with van der Waals surface area (Å²) in [4.78, 5) is 20.3. The van der Waals surface area contributed by atoms with Crippen LogP contribution in [0.3, 0.4) is 0 Å². The van der Waals surface area contributed by atoms with E-state index in [-0.39, 0.29) is 5.82 Å². The molecule has 8 heteroatoms. The van der Waals surface area contributed by atoms with Crippen LogP contribution in [0, 0.1) is 0 Å². The van der Waals surface area contributed by atoms with Crippen molar-refractivity contribution < 1.29 is 4.42 Å². The Morgan fingerprint density at radius 3 is 2.61 bits per heavy atom. The molecule has 8 nitrogen and oxygen atoms in total. The molecule has 0 atom stereocenters. The first kappa shape index (κ1) is 16.6. The number of nitrogens with one attached hydrogen (secondary N) is 1. The van der Waals surface area contributed by atoms with Gasteiger partial charge in [-0.05, 0) is 24.3 Å². The number of benzene rings is 1. The van der Waals surface area contributed by atoms with Gasteiger partial charge in [0.1, 0.15) is 11.3 Å². The molecular formula is C20H19N7O. The molecule has 28 heavy (non-hydrogen) atoms. The third-order valence-corrected chi connectivity index (χ3v) is 4.78. The summed E-state index contributed by atoms with van der Waals surface area (Å²) in [6.07, 6.45) is 3.45. The largest absolute Gasteiger partial charge is 0.435 e. The molecule has 3 N–H and O–H groups in total. The summed E-state index contributed by atoms with van der Waals surface area (Å²) < 4.78 is 5.80. The molecule has 0 radical (unpaired) electrons. The van der Waals surface area contributed by atoms with Crippen molar-refractivity contribution in [1.82, 2.24) is 25.3 Å². The fourth-order valence-corrected chi connectivity index (χ4v) is 3.29. The number of nitrogen functional groups attached to an aromatic ring is 1. The lowest BCUT2D eigenvalue weighted by Crippen LogP contribution is -2.43. The lowest BCUT2D eigenvalue weighted by atomic mass is 10.2. The van der Waals surface area contributed by atoms with Gasteiger partial charge in [-0.2, -0.15) is 0 Å². The molecule has 0 spiro atoms. The van der Waals surface area contributed by atoms with Crippen molar-refractivity contribution in [2.75, 3.05) is 36.8 Å². The minimum atomic E-state index is 0.278. The van der Waals surface area contributed by atoms with E-state index in [1.54, 1.807) is 6.20 Å². The zero-order chi connectivity index (χ0) is 18.9. The van der Waals surface area contributed by atoms with Gasteiger partial charge in [-0.1, -0.05) is 12.1 Å². The molecule has 0 bridgehead atoms. The maximum Gasteiger partial charge on any atom is 0.250 e. The van der Waals surface area contributed by atoms with E-state index in [0.29, 0.717) is 22.9 Å². The summed E-state index contributed by atoms with van der Waals surface area (Å²) in [6, 6.07) is 11.6. The quantitative estimate of drug-likeness (QED) is 0.564. The van der Waals surface area contributed by atoms with E-state index in [4.69, 9.17) is 10.2 Å². The third-order valence-electron chi connectivity index (χ3n) is 4.78. The van der Waals surface area contributed by atoms with Crippen LogP contribution in [-0.4, -0.2) is 46.1 Å². The van der Waals surface area contributed by atoms with E-state index in [1.165, 1.54) is 0 Å². The number of fused-ring (bicyclic) bond motifs is 1. The van der Waals surface area contributed by atoms with E-state index in [1.807, 2.05) is 42.6 Å². The molecule has 0 saturated carbocycles. The molecule has 5 rings (SSSR count). The molecule has 0 unspecified atom stereocenters. The van der Waals surface area contributed by atoms with Crippen molar-refractivity contribution in [3.63, 3.8) is 0 Å². The maximum absolute atomic E-state index is 6.04. The van der Waals surface area contributed by atoms with Crippen LogP contribution in [0.2, 0.25) is 0 Å². The Labute approximate surface area is 161 Å². The van der Waals surface area contributed by atoms with Gasteiger partial charge in [0.05, 0.1) is 11.9 Å². The first-order chi connectivity index (χ1) is 13.8. The molecule has 1 fully saturated rings. The average Bonchev–Trinajstić information content (AvgIpc) is 3.19. The second kappa shape index (κ2) is 6.90. The van der Waals surface area contributed by atoms with Crippen LogP contribution in [0.4, 0.5) is 11.6 Å². The van der Waals surface area contributed by atoms with Crippen molar-refractivity contribution in [2.45, 2.75) is 0 Å². The van der Waals surface area contributed by atoms with Crippen LogP contribution >= 0.6 is 0 Å². The normalized spacial score (nSPS) is 14.5. The number of aromatic nitrogens is 4. The van der Waals surface area contributed by atoms with Gasteiger partial charge in [0.2, 0.25) is 5.89 Å². The molecule has 1 aliphatic rings. The number of oxazole rings is 1. The van der Waals surface area contributed by atoms with Crippen LogP contribution in [0.1, 0.15) is 0 Å². The lowest BCUT2D eigenvalue weighted by Gasteiger charge is -2.28. The van der Waals surface area contributed by atoms with Gasteiger partial charge in [-0.25, -0.2) is 19.9 Å². The summed E-state index contributed by atoms with van der Waals surface area (Å²) in [5, 5.41) is 3.34. The molecule has 1 saturated heterocycles. The van der Waals surface area contributed by atoms with Crippen LogP contribution in [0.5, 0.6) is 0 Å². The van der Waals surface area contributed by atoms with E-state index in [9.17, 15) is 0 Å². The van der Waals surface area contributed by atoms with Crippen molar-refractivity contribution in [3.8, 4) is 22.8 Å². The number of para-hydroxylation sites is 2. The number of nitrogens with two attached hydrogens (primary N) is 1. The second-order valence-electron chi connectivity index (χ2n) is 6.62. The molecule has 3 aromatic heterocycles. The first-order valence-electron chi connectivity index (χ1n) is 9.18. The molecule has 0 amide bonds. The SMILES string of the molecule is Nc1ncc(-c2ccc(N3CCNCC3)nc2)nc1-c1nc2ccccc2o1. The Morgan fingerprint density at radius 1 is 0.964 bits per heavy atom. The standard InChI is InChI=1S/C20H19N7O/c21-19-18(20-26-14-3-1-2-4-16(14)28-20)25-15(12-24-19)13-5-6-17(23-11-13)27-9-7-22-8-10-27/h1-6,11-12,22H,7-10H2,(H2,21,24). The van der Waals surface area contributed by atoms with Crippen molar-refractivity contribution in [2.24, 2.45) is 0 Å². The third kappa shape index (κ3) is 3.03. The van der Waals surface area contributed by atoms with E-state index in [2.05, 4.69) is 30.2 Å². The molecule has 0 aliphatic carbocycles. The van der Waals surface area contributed by atoms with Crippen LogP contribution in [0.15, 0.2) is 53.2 Å². The molecule has 4 aromatic rings. The maximum atomic E-state index is 6.04. The van der Waals surface area contributed by atoms with Crippen LogP contribution in [-0.2, 0) is 0 Å². The minimum Gasteiger partial charge on any atom is -0.435 e. The van der Waals surface area contributed by atoms with E-state index < -0.39 is 0 Å². The average molecular weight is 373 g/mol. The highest BCUT2D eigenvalue weighted by molar-refractivity contribution is 5.78. The number of rotatable bonds is 3. The number of nitrogens with zero attached hydrogens (tertiary/aromatic N) is 5. The zero-order valence-corrected chi connectivity index (χ0v) is 15.2. The van der Waals surface area contributed by atoms with Crippen molar-refractivity contribution in [1.29, 1.82) is 0 Å². The predicted octanol–water partition coefficient (Wildman–Crippen LogP) is 2.34. The van der Waals surface area contributed by atoms with E-state index in [0.717, 1.165) is 43.1 Å². The van der Waals surface area contributed by atoms with Crippen molar-refractivity contribution >= 4 is 22.7 Å². The first-order valence-corrected chi connectivity index (χ1v) is 9.18. The summed E-state index contributed by atoms with van der Waals surface area (Å²) in [7, 11) is 0. The van der Waals surface area contributed by atoms with Gasteiger partial charge in [-0.15, -0.1) is 0 Å². The summed E-state index contributed by atoms with van der Waals surface area (Å²) in [6.45, 7) is 3.85. The van der Waals surface area contributed by atoms with Crippen LogP contribution in [0.25, 0.3) is 33.9 Å². The lowest BCUT2D eigenvalue weighted by molar-refractivity contribution is 0.585. The highest BCUT2D eigenvalue weighted by atomic mass is 16.3. The zero-order valence-electron chi connectivity index (χ0n) is 15.2. The Balaban J connectivity index is 1.48. The fraction of sp³-hybridized carbons (Fsp3) is 0.200. The fourth-order valence-electron chi connectivity index (χ4n) is 3.29. The van der Waals surface area contributed by atoms with Gasteiger partial charge in [0.25, 0.3) is 0 Å². The monoisotopic (exact) mass is 373 g/mol. The molecular weight excluding hydrogens is 354 g/mol. The van der Waals surface area contributed by atoms with Gasteiger partial charge in [-0.3, -0.25) is 0 Å². The van der Waals surface area contributed by atoms with Crippen molar-refractivity contribution in [3.05, 3.63) is 48.8 Å². The Kier molecular flexibility index (Phi) is 4.10. The Bertz CT molecular complexity index is 1080. The van der Waals surface area contributed by atoms with E-state index >= 15 is 0 Å².